The van der Waals surface area contributed by atoms with Crippen molar-refractivity contribution in [3.63, 3.8) is 0 Å². The number of carbonyl (C=O) groups excluding carboxylic acids is 4. The highest BCUT2D eigenvalue weighted by atomic mass is 35.5. The van der Waals surface area contributed by atoms with E-state index in [0.717, 1.165) is 30.4 Å². The van der Waals surface area contributed by atoms with E-state index in [9.17, 15) is 29.4 Å². The third-order valence-electron chi connectivity index (χ3n) is 6.15. The molecule has 6 N–H and O–H groups in total. The molecule has 0 aliphatic rings. The molecule has 11 nitrogen and oxygen atoms in total. The van der Waals surface area contributed by atoms with E-state index < -0.39 is 42.0 Å². The van der Waals surface area contributed by atoms with Crippen LogP contribution in [0.15, 0.2) is 60.7 Å². The van der Waals surface area contributed by atoms with Crippen LogP contribution < -0.4 is 16.4 Å². The molecule has 0 fully saturated rings. The first-order chi connectivity index (χ1) is 20.1. The van der Waals surface area contributed by atoms with Crippen LogP contribution in [0.25, 0.3) is 0 Å². The third kappa shape index (κ3) is 17.3. The Hall–Kier alpha value is -3.51. The summed E-state index contributed by atoms with van der Waals surface area (Å²) in [5.41, 5.74) is 7.39. The van der Waals surface area contributed by atoms with Crippen LogP contribution in [0.5, 0.6) is 0 Å². The lowest BCUT2D eigenvalue weighted by atomic mass is 9.99. The number of nitrogens with two attached hydrogens (primary N) is 1. The number of benzene rings is 2. The summed E-state index contributed by atoms with van der Waals surface area (Å²) in [6.45, 7) is 5.50. The molecule has 2 rings (SSSR count). The smallest absolute Gasteiger partial charge is 0.325 e. The molecule has 240 valence electrons. The maximum atomic E-state index is 11.7. The standard InChI is InChI=1S/C16H23NO4.C15H22N2O4.ClH/c1-3-7-12(2)15(19)16(20)17-10-14(18)21-11-13-8-5-4-6-9-13;1-2-6-12(16)14(19)15(20)17-9-13(18)21-10-11-7-4-3-5-8-11;/h4-6,8-9,12,15,19H,3,7,10-11H2,1-2H3,(H,17,20);3-5,7-8,12,14,19H,2,6,9-10,16H2,1H3,(H,17,20);1H. The highest BCUT2D eigenvalue weighted by molar-refractivity contribution is 5.86. The van der Waals surface area contributed by atoms with Gasteiger partial charge in [0.25, 0.3) is 5.91 Å². The lowest BCUT2D eigenvalue weighted by molar-refractivity contribution is -0.146. The van der Waals surface area contributed by atoms with E-state index in [4.69, 9.17) is 15.2 Å². The molecule has 0 saturated heterocycles. The largest absolute Gasteiger partial charge is 0.460 e. The van der Waals surface area contributed by atoms with Crippen molar-refractivity contribution in [2.45, 2.75) is 77.9 Å². The quantitative estimate of drug-likeness (QED) is 0.176. The minimum absolute atomic E-state index is 0. The highest BCUT2D eigenvalue weighted by Gasteiger charge is 2.23. The predicted molar refractivity (Wildman–Crippen MR) is 165 cm³/mol. The number of aliphatic hydroxyl groups excluding tert-OH is 2. The molecule has 0 radical (unpaired) electrons. The van der Waals surface area contributed by atoms with Gasteiger partial charge in [0.2, 0.25) is 5.91 Å². The van der Waals surface area contributed by atoms with Crippen molar-refractivity contribution >= 4 is 36.2 Å². The van der Waals surface area contributed by atoms with Crippen molar-refractivity contribution in [3.8, 4) is 0 Å². The molecule has 0 aliphatic carbocycles. The van der Waals surface area contributed by atoms with Gasteiger partial charge < -0.3 is 36.1 Å². The molecular weight excluding hydrogens is 578 g/mol. The highest BCUT2D eigenvalue weighted by Crippen LogP contribution is 2.10. The summed E-state index contributed by atoms with van der Waals surface area (Å²) in [4.78, 5) is 46.3. The van der Waals surface area contributed by atoms with Gasteiger partial charge in [0.05, 0.1) is 0 Å². The fourth-order valence-corrected chi connectivity index (χ4v) is 3.66. The van der Waals surface area contributed by atoms with E-state index in [1.165, 1.54) is 0 Å². The van der Waals surface area contributed by atoms with Gasteiger partial charge in [0.1, 0.15) is 38.5 Å². The number of nitrogens with one attached hydrogen (secondary N) is 2. The zero-order valence-corrected chi connectivity index (χ0v) is 25.9. The summed E-state index contributed by atoms with van der Waals surface area (Å²) in [5.74, 6) is -2.42. The molecule has 4 unspecified atom stereocenters. The maximum Gasteiger partial charge on any atom is 0.325 e. The lowest BCUT2D eigenvalue weighted by Crippen LogP contribution is -2.47. The zero-order valence-electron chi connectivity index (χ0n) is 25.1. The number of rotatable bonds is 16. The minimum atomic E-state index is -1.31. The Morgan fingerprint density at radius 1 is 0.721 bits per heavy atom. The van der Waals surface area contributed by atoms with Crippen LogP contribution in [0.2, 0.25) is 0 Å². The van der Waals surface area contributed by atoms with Crippen molar-refractivity contribution in [1.29, 1.82) is 0 Å². The van der Waals surface area contributed by atoms with Gasteiger partial charge in [-0.1, -0.05) is 94.3 Å². The molecule has 0 heterocycles. The van der Waals surface area contributed by atoms with Gasteiger partial charge in [-0.2, -0.15) is 0 Å². The Kier molecular flexibility index (Phi) is 21.1. The number of aliphatic hydroxyl groups is 2. The molecular formula is C31H46ClN3O8. The second-order valence-corrected chi connectivity index (χ2v) is 9.84. The molecule has 0 aromatic heterocycles. The number of amides is 2. The lowest BCUT2D eigenvalue weighted by Gasteiger charge is -2.17. The number of esters is 2. The number of hydrogen-bond acceptors (Lipinski definition) is 9. The first-order valence-electron chi connectivity index (χ1n) is 14.1. The Balaban J connectivity index is 0.000000802. The molecule has 0 spiro atoms. The summed E-state index contributed by atoms with van der Waals surface area (Å²) >= 11 is 0. The number of halogens is 1. The number of carbonyl (C=O) groups is 4. The van der Waals surface area contributed by atoms with Crippen LogP contribution in [-0.4, -0.2) is 65.3 Å². The van der Waals surface area contributed by atoms with Gasteiger partial charge in [-0.15, -0.1) is 12.4 Å². The first-order valence-corrected chi connectivity index (χ1v) is 14.1. The van der Waals surface area contributed by atoms with Crippen LogP contribution in [0, 0.1) is 5.92 Å². The van der Waals surface area contributed by atoms with E-state index in [-0.39, 0.29) is 44.6 Å². The topological polar surface area (TPSA) is 177 Å². The average Bonchev–Trinajstić information content (AvgIpc) is 3.01. The Morgan fingerprint density at radius 2 is 1.12 bits per heavy atom. The summed E-state index contributed by atoms with van der Waals surface area (Å²) in [6, 6.07) is 17.9. The monoisotopic (exact) mass is 623 g/mol. The third-order valence-corrected chi connectivity index (χ3v) is 6.15. The molecule has 0 saturated carbocycles. The number of hydrogen-bond donors (Lipinski definition) is 5. The molecule has 2 aromatic carbocycles. The fourth-order valence-electron chi connectivity index (χ4n) is 3.66. The van der Waals surface area contributed by atoms with Crippen LogP contribution in [0.1, 0.15) is 57.6 Å². The van der Waals surface area contributed by atoms with Crippen LogP contribution in [-0.2, 0) is 41.9 Å². The Morgan fingerprint density at radius 3 is 1.51 bits per heavy atom. The van der Waals surface area contributed by atoms with E-state index in [2.05, 4.69) is 10.6 Å². The van der Waals surface area contributed by atoms with Crippen molar-refractivity contribution in [2.75, 3.05) is 13.1 Å². The van der Waals surface area contributed by atoms with Crippen molar-refractivity contribution in [1.82, 2.24) is 10.6 Å². The molecule has 0 bridgehead atoms. The van der Waals surface area contributed by atoms with Crippen LogP contribution in [0.4, 0.5) is 0 Å². The van der Waals surface area contributed by atoms with E-state index in [0.29, 0.717) is 6.42 Å². The van der Waals surface area contributed by atoms with Gasteiger partial charge >= 0.3 is 11.9 Å². The van der Waals surface area contributed by atoms with Crippen molar-refractivity contribution in [3.05, 3.63) is 71.8 Å². The maximum absolute atomic E-state index is 11.7. The summed E-state index contributed by atoms with van der Waals surface area (Å²) < 4.78 is 10.0. The van der Waals surface area contributed by atoms with E-state index >= 15 is 0 Å². The summed E-state index contributed by atoms with van der Waals surface area (Å²) in [7, 11) is 0. The summed E-state index contributed by atoms with van der Waals surface area (Å²) in [6.07, 6.45) is 0.550. The molecule has 4 atom stereocenters. The van der Waals surface area contributed by atoms with Crippen LogP contribution in [0.3, 0.4) is 0 Å². The van der Waals surface area contributed by atoms with Crippen molar-refractivity contribution in [2.24, 2.45) is 11.7 Å². The van der Waals surface area contributed by atoms with E-state index in [1.54, 1.807) is 0 Å². The van der Waals surface area contributed by atoms with Gasteiger partial charge in [-0.3, -0.25) is 19.2 Å². The predicted octanol–water partition coefficient (Wildman–Crippen LogP) is 2.40. The van der Waals surface area contributed by atoms with Gasteiger partial charge in [0.15, 0.2) is 0 Å². The van der Waals surface area contributed by atoms with Gasteiger partial charge in [0, 0.05) is 6.04 Å². The Labute approximate surface area is 259 Å². The fraction of sp³-hybridized carbons (Fsp3) is 0.484. The van der Waals surface area contributed by atoms with Crippen molar-refractivity contribution < 1.29 is 38.9 Å². The van der Waals surface area contributed by atoms with E-state index in [1.807, 2.05) is 81.4 Å². The second kappa shape index (κ2) is 23.0. The van der Waals surface area contributed by atoms with Crippen LogP contribution >= 0.6 is 12.4 Å². The van der Waals surface area contributed by atoms with Gasteiger partial charge in [-0.25, -0.2) is 0 Å². The summed E-state index contributed by atoms with van der Waals surface area (Å²) in [5, 5.41) is 24.1. The average molecular weight is 624 g/mol. The normalized spacial score (nSPS) is 13.0. The molecule has 12 heteroatoms. The molecule has 0 aliphatic heterocycles. The first kappa shape index (κ1) is 39.5. The Bertz CT molecular complexity index is 990. The molecule has 2 amide bonds. The second-order valence-electron chi connectivity index (χ2n) is 9.84. The minimum Gasteiger partial charge on any atom is -0.460 e. The molecule has 43 heavy (non-hydrogen) atoms. The number of ether oxygens (including phenoxy) is 2. The zero-order chi connectivity index (χ0) is 31.3. The molecule has 2 aromatic rings. The van der Waals surface area contributed by atoms with Gasteiger partial charge in [-0.05, 0) is 29.9 Å². The SMILES string of the molecule is CCCC(C)C(O)C(=O)NCC(=O)OCc1ccccc1.CCCC(N)C(O)C(=O)NCC(=O)OCc1ccccc1.Cl.